The van der Waals surface area contributed by atoms with Crippen LogP contribution in [0.4, 0.5) is 0 Å². The Morgan fingerprint density at radius 1 is 1.39 bits per heavy atom. The minimum Gasteiger partial charge on any atom is -0.378 e. The fraction of sp³-hybridized carbons (Fsp3) is 0.333. The van der Waals surface area contributed by atoms with Gasteiger partial charge in [0.15, 0.2) is 0 Å². The van der Waals surface area contributed by atoms with Gasteiger partial charge in [-0.1, -0.05) is 23.4 Å². The summed E-state index contributed by atoms with van der Waals surface area (Å²) in [4.78, 5) is 15.2. The number of aliphatic hydroxyl groups excluding tert-OH is 1. The average Bonchev–Trinajstić information content (AvgIpc) is 3.37. The van der Waals surface area contributed by atoms with E-state index in [1.807, 2.05) is 18.3 Å². The van der Waals surface area contributed by atoms with Crippen molar-refractivity contribution >= 4 is 22.4 Å². The fourth-order valence-electron chi connectivity index (χ4n) is 4.62. The van der Waals surface area contributed by atoms with E-state index in [4.69, 9.17) is 4.52 Å². The first kappa shape index (κ1) is 17.4. The Hall–Kier alpha value is -2.74. The SMILES string of the molecule is CNC(O)C1C=C2c3cccc4c3c(cn4C(=O)c3ccno3)CC2N(C)C1. The fourth-order valence-corrected chi connectivity index (χ4v) is 4.62. The Morgan fingerprint density at radius 3 is 3.00 bits per heavy atom. The molecule has 0 amide bonds. The zero-order valence-electron chi connectivity index (χ0n) is 15.8. The van der Waals surface area contributed by atoms with Crippen molar-refractivity contribution < 1.29 is 14.4 Å². The van der Waals surface area contributed by atoms with Crippen LogP contribution in [0.15, 0.2) is 47.3 Å². The smallest absolute Gasteiger partial charge is 0.300 e. The van der Waals surface area contributed by atoms with Gasteiger partial charge < -0.3 is 9.63 Å². The van der Waals surface area contributed by atoms with Crippen molar-refractivity contribution in [2.24, 2.45) is 5.92 Å². The lowest BCUT2D eigenvalue weighted by Gasteiger charge is -2.41. The number of hydrogen-bond donors (Lipinski definition) is 2. The topological polar surface area (TPSA) is 83.5 Å². The van der Waals surface area contributed by atoms with E-state index in [9.17, 15) is 9.90 Å². The summed E-state index contributed by atoms with van der Waals surface area (Å²) in [5.74, 6) is 0.0108. The molecular weight excluding hydrogens is 356 g/mol. The minimum absolute atomic E-state index is 0.0102. The summed E-state index contributed by atoms with van der Waals surface area (Å²) < 4.78 is 6.74. The number of fused-ring (bicyclic) bond motifs is 2. The molecule has 7 heteroatoms. The molecule has 1 aliphatic heterocycles. The summed E-state index contributed by atoms with van der Waals surface area (Å²) in [6, 6.07) is 7.86. The van der Waals surface area contributed by atoms with Gasteiger partial charge in [-0.15, -0.1) is 0 Å². The third-order valence-corrected chi connectivity index (χ3v) is 5.98. The first-order chi connectivity index (χ1) is 13.6. The minimum atomic E-state index is -0.589. The van der Waals surface area contributed by atoms with E-state index >= 15 is 0 Å². The predicted molar refractivity (Wildman–Crippen MR) is 105 cm³/mol. The number of carbonyl (C=O) groups is 1. The number of nitrogens with zero attached hydrogens (tertiary/aromatic N) is 3. The molecule has 3 aromatic rings. The quantitative estimate of drug-likeness (QED) is 0.676. The zero-order chi connectivity index (χ0) is 19.4. The molecule has 2 N–H and O–H groups in total. The van der Waals surface area contributed by atoms with Crippen LogP contribution in [0.3, 0.4) is 0 Å². The van der Waals surface area contributed by atoms with Gasteiger partial charge in [0.1, 0.15) is 6.23 Å². The molecule has 7 nitrogen and oxygen atoms in total. The highest BCUT2D eigenvalue weighted by molar-refractivity contribution is 6.05. The summed E-state index contributed by atoms with van der Waals surface area (Å²) in [6.07, 6.45) is 5.84. The Labute approximate surface area is 162 Å². The van der Waals surface area contributed by atoms with E-state index in [1.54, 1.807) is 17.7 Å². The average molecular weight is 378 g/mol. The van der Waals surface area contributed by atoms with Crippen LogP contribution in [-0.2, 0) is 6.42 Å². The molecule has 0 fully saturated rings. The molecule has 3 unspecified atom stereocenters. The van der Waals surface area contributed by atoms with Crippen LogP contribution >= 0.6 is 0 Å². The molecule has 144 valence electrons. The van der Waals surface area contributed by atoms with Gasteiger partial charge in [0.25, 0.3) is 0 Å². The second-order valence-corrected chi connectivity index (χ2v) is 7.58. The van der Waals surface area contributed by atoms with Gasteiger partial charge in [-0.3, -0.25) is 19.6 Å². The highest BCUT2D eigenvalue weighted by Crippen LogP contribution is 2.42. The Kier molecular flexibility index (Phi) is 3.97. The van der Waals surface area contributed by atoms with Gasteiger partial charge in [-0.05, 0) is 43.3 Å². The molecule has 1 aliphatic carbocycles. The van der Waals surface area contributed by atoms with Crippen LogP contribution in [0.1, 0.15) is 21.7 Å². The van der Waals surface area contributed by atoms with Gasteiger partial charge in [-0.2, -0.15) is 0 Å². The normalized spacial score (nSPS) is 22.8. The van der Waals surface area contributed by atoms with Gasteiger partial charge in [0, 0.05) is 36.2 Å². The molecule has 28 heavy (non-hydrogen) atoms. The molecule has 5 rings (SSSR count). The molecule has 0 radical (unpaired) electrons. The largest absolute Gasteiger partial charge is 0.378 e. The molecule has 0 bridgehead atoms. The van der Waals surface area contributed by atoms with E-state index in [1.165, 1.54) is 11.8 Å². The molecule has 3 atom stereocenters. The van der Waals surface area contributed by atoms with Crippen molar-refractivity contribution in [3.05, 3.63) is 59.6 Å². The Morgan fingerprint density at radius 2 is 2.25 bits per heavy atom. The van der Waals surface area contributed by atoms with Crippen LogP contribution < -0.4 is 5.32 Å². The first-order valence-corrected chi connectivity index (χ1v) is 9.44. The molecular formula is C21H22N4O3. The van der Waals surface area contributed by atoms with E-state index < -0.39 is 6.23 Å². The molecule has 1 aromatic carbocycles. The number of likely N-dealkylation sites (N-methyl/N-ethyl adjacent to an activating group) is 1. The lowest BCUT2D eigenvalue weighted by molar-refractivity contribution is 0.0762. The van der Waals surface area contributed by atoms with Crippen molar-refractivity contribution in [3.63, 3.8) is 0 Å². The first-order valence-electron chi connectivity index (χ1n) is 9.44. The van der Waals surface area contributed by atoms with Crippen LogP contribution in [0.2, 0.25) is 0 Å². The maximum absolute atomic E-state index is 12.9. The van der Waals surface area contributed by atoms with Crippen LogP contribution in [0.25, 0.3) is 16.5 Å². The van der Waals surface area contributed by atoms with Crippen LogP contribution in [0, 0.1) is 5.92 Å². The lowest BCUT2D eigenvalue weighted by atomic mass is 9.79. The highest BCUT2D eigenvalue weighted by atomic mass is 16.5. The van der Waals surface area contributed by atoms with Gasteiger partial charge in [0.05, 0.1) is 11.7 Å². The van der Waals surface area contributed by atoms with Crippen molar-refractivity contribution in [2.75, 3.05) is 20.6 Å². The number of hydrogen-bond acceptors (Lipinski definition) is 6. The second-order valence-electron chi connectivity index (χ2n) is 7.58. The molecule has 0 saturated carbocycles. The summed E-state index contributed by atoms with van der Waals surface area (Å²) in [7, 11) is 3.86. The van der Waals surface area contributed by atoms with Crippen LogP contribution in [0.5, 0.6) is 0 Å². The molecule has 3 heterocycles. The second kappa shape index (κ2) is 6.41. The third kappa shape index (κ3) is 2.47. The predicted octanol–water partition coefficient (Wildman–Crippen LogP) is 1.73. The summed E-state index contributed by atoms with van der Waals surface area (Å²) in [5, 5.41) is 18.0. The van der Waals surface area contributed by atoms with Gasteiger partial charge in [-0.25, -0.2) is 0 Å². The Balaban J connectivity index is 1.67. The third-order valence-electron chi connectivity index (χ3n) is 5.98. The van der Waals surface area contributed by atoms with Crippen molar-refractivity contribution in [2.45, 2.75) is 18.7 Å². The Bertz CT molecular complexity index is 1080. The van der Waals surface area contributed by atoms with Gasteiger partial charge >= 0.3 is 5.91 Å². The van der Waals surface area contributed by atoms with E-state index in [0.717, 1.165) is 35.0 Å². The molecule has 2 aliphatic rings. The number of carbonyl (C=O) groups excluding carboxylic acids is 1. The van der Waals surface area contributed by atoms with Crippen LogP contribution in [-0.4, -0.2) is 58.5 Å². The lowest BCUT2D eigenvalue weighted by Crippen LogP contribution is -2.47. The number of rotatable bonds is 3. The van der Waals surface area contributed by atoms with E-state index in [0.29, 0.717) is 0 Å². The van der Waals surface area contributed by atoms with Crippen molar-refractivity contribution in [1.82, 2.24) is 19.9 Å². The van der Waals surface area contributed by atoms with Gasteiger partial charge in [0.2, 0.25) is 5.76 Å². The standard InChI is InChI=1S/C21H22N4O3/c1-22-20(26)13-8-15-14-4-3-5-16-19(14)12(9-17(15)24(2)10-13)11-25(16)21(27)18-6-7-23-28-18/h3-8,11,13,17,20,22,26H,9-10H2,1-2H3. The van der Waals surface area contributed by atoms with E-state index in [2.05, 4.69) is 34.6 Å². The summed E-state index contributed by atoms with van der Waals surface area (Å²) >= 11 is 0. The zero-order valence-corrected chi connectivity index (χ0v) is 15.8. The molecule has 0 saturated heterocycles. The van der Waals surface area contributed by atoms with E-state index in [-0.39, 0.29) is 23.6 Å². The number of benzene rings is 1. The summed E-state index contributed by atoms with van der Waals surface area (Å²) in [6.45, 7) is 0.777. The highest BCUT2D eigenvalue weighted by Gasteiger charge is 2.36. The van der Waals surface area contributed by atoms with Crippen molar-refractivity contribution in [3.8, 4) is 0 Å². The number of aromatic nitrogens is 2. The van der Waals surface area contributed by atoms with Crippen molar-refractivity contribution in [1.29, 1.82) is 0 Å². The monoisotopic (exact) mass is 378 g/mol. The number of aliphatic hydroxyl groups is 1. The molecule has 0 spiro atoms. The number of nitrogens with one attached hydrogen (secondary N) is 1. The maximum Gasteiger partial charge on any atom is 0.300 e. The maximum atomic E-state index is 12.9. The molecule has 2 aromatic heterocycles. The summed E-state index contributed by atoms with van der Waals surface area (Å²) in [5.41, 5.74) is 4.37.